The monoisotopic (exact) mass is 206 g/mol. The molecular weight excluding hydrogens is 180 g/mol. The minimum atomic E-state index is 0.750. The second kappa shape index (κ2) is 18.8. The topological polar surface area (TPSA) is 0 Å². The first-order valence-corrected chi connectivity index (χ1v) is 5.12. The zero-order chi connectivity index (χ0) is 12.7. The predicted octanol–water partition coefficient (Wildman–Crippen LogP) is 5.03. The van der Waals surface area contributed by atoms with Gasteiger partial charge in [0.1, 0.15) is 6.42 Å². The third kappa shape index (κ3) is 43.4. The maximum atomic E-state index is 3.67. The fourth-order valence-electron chi connectivity index (χ4n) is 0.125. The van der Waals surface area contributed by atoms with Gasteiger partial charge in [-0.1, -0.05) is 12.2 Å². The van der Waals surface area contributed by atoms with Gasteiger partial charge < -0.3 is 20.8 Å². The maximum Gasteiger partial charge on any atom is 0.103 e. The van der Waals surface area contributed by atoms with Gasteiger partial charge in [0, 0.05) is 13.5 Å². The molecule has 0 aromatic rings. The van der Waals surface area contributed by atoms with Gasteiger partial charge in [0.2, 0.25) is 0 Å². The SMILES string of the molecule is C=C(C[CH2+])C[CH2-].C=C([CH2+])C[CH2-].[CH2+]CC[CH2-]. The second-order valence-electron chi connectivity index (χ2n) is 2.96. The molecule has 0 saturated carbocycles. The summed E-state index contributed by atoms with van der Waals surface area (Å²) in [4.78, 5) is 0. The predicted molar refractivity (Wildman–Crippen MR) is 73.5 cm³/mol. The van der Waals surface area contributed by atoms with Crippen LogP contribution in [0.3, 0.4) is 0 Å². The van der Waals surface area contributed by atoms with Crippen molar-refractivity contribution in [1.29, 1.82) is 0 Å². The summed E-state index contributed by atoms with van der Waals surface area (Å²) in [6, 6.07) is 0. The van der Waals surface area contributed by atoms with Crippen LogP contribution in [0.5, 0.6) is 0 Å². The summed E-state index contributed by atoms with van der Waals surface area (Å²) in [6.45, 7) is 28.5. The average molecular weight is 206 g/mol. The molecule has 0 aliphatic heterocycles. The van der Waals surface area contributed by atoms with Crippen molar-refractivity contribution < 1.29 is 0 Å². The van der Waals surface area contributed by atoms with E-state index in [0.717, 1.165) is 43.3 Å². The molecule has 0 radical (unpaired) electrons. The van der Waals surface area contributed by atoms with E-state index in [1.807, 2.05) is 0 Å². The standard InChI is InChI=1S/C6H10.C5H8.C4H8/c1-4-6(3)5-2;1-4-5(2)3;1-3-4-2/h1-5H2;1-4H2;1-4H2. The van der Waals surface area contributed by atoms with Crippen LogP contribution in [0.2, 0.25) is 0 Å². The molecule has 0 rings (SSSR count). The van der Waals surface area contributed by atoms with Crippen LogP contribution in [0.15, 0.2) is 24.3 Å². The van der Waals surface area contributed by atoms with E-state index in [4.69, 9.17) is 0 Å². The normalized spacial score (nSPS) is 7.67. The quantitative estimate of drug-likeness (QED) is 0.447. The van der Waals surface area contributed by atoms with Crippen molar-refractivity contribution in [2.45, 2.75) is 32.1 Å². The lowest BCUT2D eigenvalue weighted by Gasteiger charge is -1.90. The molecule has 0 unspecified atom stereocenters. The molecule has 0 saturated heterocycles. The summed E-state index contributed by atoms with van der Waals surface area (Å²) in [5, 5.41) is 0. The van der Waals surface area contributed by atoms with Crippen molar-refractivity contribution in [1.82, 2.24) is 0 Å². The van der Waals surface area contributed by atoms with Crippen molar-refractivity contribution >= 4 is 0 Å². The van der Waals surface area contributed by atoms with E-state index in [1.54, 1.807) is 0 Å². The third-order valence-electron chi connectivity index (χ3n) is 1.31. The van der Waals surface area contributed by atoms with Gasteiger partial charge in [-0.15, -0.1) is 12.8 Å². The minimum Gasteiger partial charge on any atom is -0.339 e. The van der Waals surface area contributed by atoms with Crippen LogP contribution >= 0.6 is 0 Å². The molecule has 0 amide bonds. The Bertz CT molecular complexity index is 123. The van der Waals surface area contributed by atoms with Crippen molar-refractivity contribution in [3.05, 3.63) is 65.8 Å². The van der Waals surface area contributed by atoms with Crippen molar-refractivity contribution in [2.24, 2.45) is 0 Å². The maximum absolute atomic E-state index is 3.67. The largest absolute Gasteiger partial charge is 0.339 e. The molecule has 15 heavy (non-hydrogen) atoms. The fourth-order valence-corrected chi connectivity index (χ4v) is 0.125. The summed E-state index contributed by atoms with van der Waals surface area (Å²) >= 11 is 0. The summed E-state index contributed by atoms with van der Waals surface area (Å²) in [5.41, 5.74) is 2.01. The summed E-state index contributed by atoms with van der Waals surface area (Å²) in [6.07, 6.45) is 4.31. The molecular formula is C15H26. The van der Waals surface area contributed by atoms with E-state index >= 15 is 0 Å². The Labute approximate surface area is 98.5 Å². The van der Waals surface area contributed by atoms with E-state index in [0.29, 0.717) is 0 Å². The van der Waals surface area contributed by atoms with Gasteiger partial charge in [-0.2, -0.15) is 6.42 Å². The van der Waals surface area contributed by atoms with Crippen LogP contribution in [0.1, 0.15) is 32.1 Å². The Morgan fingerprint density at radius 1 is 1.00 bits per heavy atom. The lowest BCUT2D eigenvalue weighted by Crippen LogP contribution is -1.69. The van der Waals surface area contributed by atoms with E-state index in [-0.39, 0.29) is 0 Å². The first-order chi connectivity index (χ1) is 6.99. The van der Waals surface area contributed by atoms with Gasteiger partial charge in [-0.3, -0.25) is 0 Å². The first kappa shape index (κ1) is 19.6. The molecule has 0 aromatic heterocycles. The van der Waals surface area contributed by atoms with Gasteiger partial charge in [-0.25, -0.2) is 0 Å². The zero-order valence-corrected chi connectivity index (χ0v) is 10.2. The lowest BCUT2D eigenvalue weighted by molar-refractivity contribution is 1.05. The van der Waals surface area contributed by atoms with Crippen molar-refractivity contribution in [2.75, 3.05) is 0 Å². The molecule has 0 nitrogen and oxygen atoms in total. The Hall–Kier alpha value is -0.910. The highest BCUT2D eigenvalue weighted by Gasteiger charge is 1.79. The molecule has 0 N–H and O–H groups in total. The smallest absolute Gasteiger partial charge is 0.103 e. The number of hydrogen-bond acceptors (Lipinski definition) is 0. The summed E-state index contributed by atoms with van der Waals surface area (Å²) in [5.74, 6) is 0. The summed E-state index contributed by atoms with van der Waals surface area (Å²) < 4.78 is 0. The van der Waals surface area contributed by atoms with Crippen LogP contribution in [-0.2, 0) is 0 Å². The molecule has 0 heterocycles. The van der Waals surface area contributed by atoms with Gasteiger partial charge in [0.05, 0.1) is 25.8 Å². The van der Waals surface area contributed by atoms with Crippen LogP contribution in [0, 0.1) is 41.5 Å². The molecule has 0 heteroatoms. The fraction of sp³-hybridized carbons (Fsp3) is 0.333. The minimum absolute atomic E-state index is 0.750. The lowest BCUT2D eigenvalue weighted by atomic mass is 10.2. The number of rotatable bonds is 4. The van der Waals surface area contributed by atoms with Gasteiger partial charge >= 0.3 is 0 Å². The highest BCUT2D eigenvalue weighted by Crippen LogP contribution is 1.97. The Morgan fingerprint density at radius 3 is 1.33 bits per heavy atom. The van der Waals surface area contributed by atoms with Crippen LogP contribution in [0.4, 0.5) is 0 Å². The molecule has 0 aromatic carbocycles. The molecule has 86 valence electrons. The van der Waals surface area contributed by atoms with E-state index < -0.39 is 0 Å². The van der Waals surface area contributed by atoms with Crippen molar-refractivity contribution in [3.63, 3.8) is 0 Å². The molecule has 0 fully saturated rings. The number of unbranched alkanes of at least 4 members (excludes halogenated alkanes) is 1. The molecule has 0 aliphatic rings. The van der Waals surface area contributed by atoms with Gasteiger partial charge in [0.25, 0.3) is 0 Å². The highest BCUT2D eigenvalue weighted by molar-refractivity contribution is 4.97. The molecule has 0 atom stereocenters. The Balaban J connectivity index is -0.000000147. The Morgan fingerprint density at radius 2 is 1.33 bits per heavy atom. The molecule has 0 aliphatic carbocycles. The highest BCUT2D eigenvalue weighted by atomic mass is 13.8. The van der Waals surface area contributed by atoms with E-state index in [9.17, 15) is 0 Å². The van der Waals surface area contributed by atoms with E-state index in [2.05, 4.69) is 54.7 Å². The first-order valence-electron chi connectivity index (χ1n) is 5.12. The second-order valence-corrected chi connectivity index (χ2v) is 2.96. The molecule has 0 spiro atoms. The Kier molecular flexibility index (Phi) is 24.6. The molecule has 0 bridgehead atoms. The summed E-state index contributed by atoms with van der Waals surface area (Å²) in [7, 11) is 0. The van der Waals surface area contributed by atoms with Crippen LogP contribution in [0.25, 0.3) is 0 Å². The van der Waals surface area contributed by atoms with Crippen LogP contribution in [-0.4, -0.2) is 0 Å². The van der Waals surface area contributed by atoms with E-state index in [1.165, 1.54) is 0 Å². The van der Waals surface area contributed by atoms with Crippen LogP contribution < -0.4 is 0 Å². The third-order valence-corrected chi connectivity index (χ3v) is 1.31. The van der Waals surface area contributed by atoms with Gasteiger partial charge in [-0.05, 0) is 0 Å². The average Bonchev–Trinajstić information content (AvgIpc) is 2.28. The van der Waals surface area contributed by atoms with Gasteiger partial charge in [0.15, 0.2) is 0 Å². The zero-order valence-electron chi connectivity index (χ0n) is 10.2. The number of hydrogen-bond donors (Lipinski definition) is 0. The van der Waals surface area contributed by atoms with Crippen molar-refractivity contribution in [3.8, 4) is 0 Å². The number of allylic oxidation sites excluding steroid dienone is 2.